The lowest BCUT2D eigenvalue weighted by molar-refractivity contribution is 0.0505. The van der Waals surface area contributed by atoms with E-state index in [-0.39, 0.29) is 16.9 Å². The van der Waals surface area contributed by atoms with Crippen molar-refractivity contribution in [1.29, 1.82) is 0 Å². The van der Waals surface area contributed by atoms with Crippen LogP contribution in [0.2, 0.25) is 0 Å². The highest BCUT2D eigenvalue weighted by atomic mass is 16.5. The first-order valence-corrected chi connectivity index (χ1v) is 9.26. The summed E-state index contributed by atoms with van der Waals surface area (Å²) in [5.41, 5.74) is 0.911. The topological polar surface area (TPSA) is 89.2 Å². The summed E-state index contributed by atoms with van der Waals surface area (Å²) in [7, 11) is 3.71. The number of carbonyl (C=O) groups excluding carboxylic acids is 1. The maximum Gasteiger partial charge on any atom is 0.338 e. The summed E-state index contributed by atoms with van der Waals surface area (Å²) in [5.74, 6) is 0.0571. The van der Waals surface area contributed by atoms with E-state index in [9.17, 15) is 14.7 Å². The van der Waals surface area contributed by atoms with Crippen LogP contribution in [-0.2, 0) is 11.3 Å². The van der Waals surface area contributed by atoms with E-state index in [1.54, 1.807) is 24.3 Å². The van der Waals surface area contributed by atoms with E-state index in [1.165, 1.54) is 18.4 Å². The summed E-state index contributed by atoms with van der Waals surface area (Å²) >= 11 is 0. The molecule has 0 radical (unpaired) electrons. The van der Waals surface area contributed by atoms with Crippen molar-refractivity contribution in [2.75, 3.05) is 20.7 Å². The molecule has 1 aromatic heterocycles. The minimum Gasteiger partial charge on any atom is -0.507 e. The summed E-state index contributed by atoms with van der Waals surface area (Å²) < 4.78 is 16.4. The van der Waals surface area contributed by atoms with Crippen molar-refractivity contribution >= 4 is 16.9 Å². The molecule has 0 amide bonds. The van der Waals surface area contributed by atoms with Gasteiger partial charge in [0.15, 0.2) is 0 Å². The van der Waals surface area contributed by atoms with Crippen LogP contribution in [0.5, 0.6) is 17.2 Å². The zero-order valence-electron chi connectivity index (χ0n) is 16.6. The Kier molecular flexibility index (Phi) is 6.19. The normalized spacial score (nSPS) is 11.0. The number of esters is 1. The molecule has 0 saturated heterocycles. The van der Waals surface area contributed by atoms with Gasteiger partial charge < -0.3 is 23.9 Å². The van der Waals surface area contributed by atoms with E-state index in [0.717, 1.165) is 6.42 Å². The van der Waals surface area contributed by atoms with E-state index in [4.69, 9.17) is 13.9 Å². The third kappa shape index (κ3) is 4.57. The Bertz CT molecular complexity index is 1070. The van der Waals surface area contributed by atoms with Crippen molar-refractivity contribution in [2.45, 2.75) is 19.9 Å². The Labute approximate surface area is 168 Å². The molecule has 0 aliphatic rings. The first-order valence-electron chi connectivity index (χ1n) is 9.26. The van der Waals surface area contributed by atoms with Gasteiger partial charge in [-0.05, 0) is 56.9 Å². The molecule has 152 valence electrons. The van der Waals surface area contributed by atoms with Gasteiger partial charge in [0.2, 0.25) is 11.2 Å². The highest BCUT2D eigenvalue weighted by Crippen LogP contribution is 2.29. The fourth-order valence-corrected chi connectivity index (χ4v) is 2.83. The Morgan fingerprint density at radius 3 is 2.52 bits per heavy atom. The monoisotopic (exact) mass is 397 g/mol. The number of hydrogen-bond acceptors (Lipinski definition) is 7. The average molecular weight is 397 g/mol. The molecule has 0 aliphatic heterocycles. The van der Waals surface area contributed by atoms with Gasteiger partial charge in [-0.2, -0.15) is 0 Å². The van der Waals surface area contributed by atoms with Crippen LogP contribution < -0.4 is 10.2 Å². The third-order valence-corrected chi connectivity index (χ3v) is 4.22. The second-order valence-electron chi connectivity index (χ2n) is 6.87. The van der Waals surface area contributed by atoms with Crippen LogP contribution >= 0.6 is 0 Å². The second kappa shape index (κ2) is 8.79. The third-order valence-electron chi connectivity index (χ3n) is 4.22. The van der Waals surface area contributed by atoms with E-state index in [1.807, 2.05) is 25.9 Å². The molecule has 0 spiro atoms. The molecule has 3 aromatic rings. The number of rotatable bonds is 7. The van der Waals surface area contributed by atoms with Crippen molar-refractivity contribution < 1.29 is 23.8 Å². The summed E-state index contributed by atoms with van der Waals surface area (Å²) in [6.07, 6.45) is 1.98. The Hall–Kier alpha value is -3.32. The van der Waals surface area contributed by atoms with Gasteiger partial charge in [0.25, 0.3) is 0 Å². The van der Waals surface area contributed by atoms with Crippen LogP contribution in [0.25, 0.3) is 11.0 Å². The minimum absolute atomic E-state index is 0.0142. The lowest BCUT2D eigenvalue weighted by Crippen LogP contribution is -2.12. The number of fused-ring (bicyclic) bond motifs is 1. The number of phenols is 1. The van der Waals surface area contributed by atoms with Gasteiger partial charge in [-0.15, -0.1) is 0 Å². The summed E-state index contributed by atoms with van der Waals surface area (Å²) in [5, 5.41) is 10.4. The molecule has 2 aromatic carbocycles. The Morgan fingerprint density at radius 1 is 1.14 bits per heavy atom. The van der Waals surface area contributed by atoms with Crippen LogP contribution in [0.15, 0.2) is 51.9 Å². The lowest BCUT2D eigenvalue weighted by atomic mass is 10.1. The van der Waals surface area contributed by atoms with Gasteiger partial charge >= 0.3 is 5.97 Å². The highest BCUT2D eigenvalue weighted by Gasteiger charge is 2.16. The molecule has 7 nitrogen and oxygen atoms in total. The Morgan fingerprint density at radius 2 is 1.86 bits per heavy atom. The highest BCUT2D eigenvalue weighted by molar-refractivity contribution is 5.89. The molecular formula is C22H23NO6. The number of benzene rings is 2. The lowest BCUT2D eigenvalue weighted by Gasteiger charge is -2.13. The van der Waals surface area contributed by atoms with Crippen molar-refractivity contribution in [3.05, 3.63) is 64.0 Å². The zero-order valence-corrected chi connectivity index (χ0v) is 16.6. The van der Waals surface area contributed by atoms with Gasteiger partial charge in [0.1, 0.15) is 23.3 Å². The summed E-state index contributed by atoms with van der Waals surface area (Å²) in [4.78, 5) is 26.5. The predicted octanol–water partition coefficient (Wildman–Crippen LogP) is 3.92. The van der Waals surface area contributed by atoms with Gasteiger partial charge in [-0.25, -0.2) is 4.79 Å². The molecule has 0 atom stereocenters. The smallest absolute Gasteiger partial charge is 0.338 e. The van der Waals surface area contributed by atoms with E-state index >= 15 is 0 Å². The van der Waals surface area contributed by atoms with Gasteiger partial charge in [-0.3, -0.25) is 4.79 Å². The maximum absolute atomic E-state index is 12.8. The quantitative estimate of drug-likeness (QED) is 0.605. The average Bonchev–Trinajstić information content (AvgIpc) is 2.70. The minimum atomic E-state index is -0.406. The van der Waals surface area contributed by atoms with Crippen molar-refractivity contribution in [1.82, 2.24) is 4.90 Å². The Balaban J connectivity index is 1.87. The SMILES string of the molecule is CCCOC(=O)c1ccc(Oc2coc3c(CN(C)C)c(O)ccc3c2=O)cc1. The molecule has 29 heavy (non-hydrogen) atoms. The molecule has 3 rings (SSSR count). The standard InChI is InChI=1S/C22H23NO6/c1-4-11-27-22(26)14-5-7-15(8-6-14)29-19-13-28-21-16(20(19)25)9-10-18(24)17(21)12-23(2)3/h5-10,13,24H,4,11-12H2,1-3H3. The van der Waals surface area contributed by atoms with Crippen LogP contribution in [0.4, 0.5) is 0 Å². The molecule has 7 heteroatoms. The molecule has 1 heterocycles. The van der Waals surface area contributed by atoms with Crippen molar-refractivity contribution in [2.24, 2.45) is 0 Å². The first kappa shape index (κ1) is 20.4. The fourth-order valence-electron chi connectivity index (χ4n) is 2.83. The number of ether oxygens (including phenoxy) is 2. The number of nitrogens with zero attached hydrogens (tertiary/aromatic N) is 1. The van der Waals surface area contributed by atoms with E-state index in [2.05, 4.69) is 0 Å². The van der Waals surface area contributed by atoms with Gasteiger partial charge in [0, 0.05) is 6.54 Å². The number of phenolic OH excluding ortho intramolecular Hbond substituents is 1. The molecule has 0 unspecified atom stereocenters. The van der Waals surface area contributed by atoms with Crippen LogP contribution in [-0.4, -0.2) is 36.7 Å². The van der Waals surface area contributed by atoms with E-state index < -0.39 is 5.97 Å². The van der Waals surface area contributed by atoms with Crippen LogP contribution in [0.1, 0.15) is 29.3 Å². The van der Waals surface area contributed by atoms with Crippen LogP contribution in [0.3, 0.4) is 0 Å². The van der Waals surface area contributed by atoms with Crippen LogP contribution in [0, 0.1) is 0 Å². The van der Waals surface area contributed by atoms with Crippen molar-refractivity contribution in [3.63, 3.8) is 0 Å². The number of aromatic hydroxyl groups is 1. The molecular weight excluding hydrogens is 374 g/mol. The molecule has 0 fully saturated rings. The number of hydrogen-bond donors (Lipinski definition) is 1. The summed E-state index contributed by atoms with van der Waals surface area (Å²) in [6.45, 7) is 2.70. The fraction of sp³-hybridized carbons (Fsp3) is 0.273. The predicted molar refractivity (Wildman–Crippen MR) is 109 cm³/mol. The zero-order chi connectivity index (χ0) is 21.0. The number of carbonyl (C=O) groups is 1. The molecule has 0 bridgehead atoms. The van der Waals surface area contributed by atoms with E-state index in [0.29, 0.717) is 41.0 Å². The molecule has 0 aliphatic carbocycles. The largest absolute Gasteiger partial charge is 0.507 e. The molecule has 0 saturated carbocycles. The summed E-state index contributed by atoms with van der Waals surface area (Å²) in [6, 6.07) is 9.29. The maximum atomic E-state index is 12.8. The van der Waals surface area contributed by atoms with Gasteiger partial charge in [0.05, 0.1) is 23.1 Å². The first-order chi connectivity index (χ1) is 13.9. The molecule has 1 N–H and O–H groups in total. The second-order valence-corrected chi connectivity index (χ2v) is 6.87. The van der Waals surface area contributed by atoms with Gasteiger partial charge in [-0.1, -0.05) is 6.92 Å². The van der Waals surface area contributed by atoms with Crippen molar-refractivity contribution in [3.8, 4) is 17.2 Å².